The van der Waals surface area contributed by atoms with Crippen molar-refractivity contribution in [2.75, 3.05) is 20.9 Å². The molecule has 3 N–H and O–H groups in total. The van der Waals surface area contributed by atoms with Gasteiger partial charge in [0.15, 0.2) is 0 Å². The summed E-state index contributed by atoms with van der Waals surface area (Å²) < 4.78 is 5.06. The maximum absolute atomic E-state index is 11.5. The average molecular weight is 238 g/mol. The van der Waals surface area contributed by atoms with E-state index in [0.29, 0.717) is 6.42 Å². The number of benzene rings is 1. The van der Waals surface area contributed by atoms with E-state index in [4.69, 9.17) is 9.84 Å². The second kappa shape index (κ2) is 6.88. The van der Waals surface area contributed by atoms with Crippen LogP contribution in [0.5, 0.6) is 5.75 Å². The van der Waals surface area contributed by atoms with E-state index >= 15 is 0 Å². The Kier molecular flexibility index (Phi) is 5.45. The molecule has 1 amide bonds. The SMILES string of the molecule is CNC(=O)[C@H](Cc1ccc(OC)cc1)NCO. The van der Waals surface area contributed by atoms with Gasteiger partial charge in [0.25, 0.3) is 0 Å². The van der Waals surface area contributed by atoms with Crippen LogP contribution in [-0.4, -0.2) is 37.9 Å². The number of aliphatic hydroxyl groups excluding tert-OH is 1. The van der Waals surface area contributed by atoms with E-state index in [1.807, 2.05) is 24.3 Å². The quantitative estimate of drug-likeness (QED) is 0.605. The molecule has 5 heteroatoms. The summed E-state index contributed by atoms with van der Waals surface area (Å²) in [6.07, 6.45) is 0.518. The number of ether oxygens (including phenoxy) is 1. The number of aliphatic hydroxyl groups is 1. The highest BCUT2D eigenvalue weighted by Gasteiger charge is 2.16. The fourth-order valence-electron chi connectivity index (χ4n) is 1.54. The summed E-state index contributed by atoms with van der Waals surface area (Å²) in [5.41, 5.74) is 1.00. The van der Waals surface area contributed by atoms with Crippen molar-refractivity contribution in [1.29, 1.82) is 0 Å². The molecule has 0 saturated carbocycles. The number of likely N-dealkylation sites (N-methyl/N-ethyl adjacent to an activating group) is 1. The molecular formula is C12H18N2O3. The molecule has 1 aromatic rings. The molecule has 5 nitrogen and oxygen atoms in total. The molecule has 94 valence electrons. The van der Waals surface area contributed by atoms with Crippen LogP contribution in [0, 0.1) is 0 Å². The van der Waals surface area contributed by atoms with Crippen LogP contribution < -0.4 is 15.4 Å². The predicted molar refractivity (Wildman–Crippen MR) is 64.8 cm³/mol. The summed E-state index contributed by atoms with van der Waals surface area (Å²) in [5.74, 6) is 0.634. The lowest BCUT2D eigenvalue weighted by molar-refractivity contribution is -0.123. The standard InChI is InChI=1S/C12H18N2O3/c1-13-12(16)11(14-8-15)7-9-3-5-10(17-2)6-4-9/h3-6,11,14-15H,7-8H2,1-2H3,(H,13,16)/t11-/m0/s1. The number of rotatable bonds is 6. The van der Waals surface area contributed by atoms with Gasteiger partial charge >= 0.3 is 0 Å². The second-order valence-electron chi connectivity index (χ2n) is 3.58. The summed E-state index contributed by atoms with van der Waals surface area (Å²) >= 11 is 0. The molecule has 0 heterocycles. The van der Waals surface area contributed by atoms with E-state index < -0.39 is 6.04 Å². The number of hydrogen-bond donors (Lipinski definition) is 3. The predicted octanol–water partition coefficient (Wildman–Crippen LogP) is -0.108. The highest BCUT2D eigenvalue weighted by Crippen LogP contribution is 2.12. The fraction of sp³-hybridized carbons (Fsp3) is 0.417. The Morgan fingerprint density at radius 3 is 2.53 bits per heavy atom. The Balaban J connectivity index is 2.68. The van der Waals surface area contributed by atoms with E-state index in [2.05, 4.69) is 10.6 Å². The molecule has 1 atom stereocenters. The Morgan fingerprint density at radius 1 is 1.41 bits per heavy atom. The summed E-state index contributed by atoms with van der Waals surface area (Å²) in [6, 6.07) is 7.05. The van der Waals surface area contributed by atoms with Gasteiger partial charge in [0.2, 0.25) is 5.91 Å². The van der Waals surface area contributed by atoms with Gasteiger partial charge in [-0.2, -0.15) is 0 Å². The largest absolute Gasteiger partial charge is 0.497 e. The molecule has 0 aliphatic rings. The van der Waals surface area contributed by atoms with Crippen LogP contribution in [-0.2, 0) is 11.2 Å². The van der Waals surface area contributed by atoms with Crippen LogP contribution in [0.2, 0.25) is 0 Å². The third-order valence-electron chi connectivity index (χ3n) is 2.50. The van der Waals surface area contributed by atoms with Crippen LogP contribution in [0.3, 0.4) is 0 Å². The van der Waals surface area contributed by atoms with Gasteiger partial charge in [-0.3, -0.25) is 10.1 Å². The topological polar surface area (TPSA) is 70.6 Å². The van der Waals surface area contributed by atoms with Crippen LogP contribution in [0.25, 0.3) is 0 Å². The fourth-order valence-corrected chi connectivity index (χ4v) is 1.54. The molecule has 0 fully saturated rings. The number of carbonyl (C=O) groups excluding carboxylic acids is 1. The lowest BCUT2D eigenvalue weighted by Gasteiger charge is -2.15. The number of amides is 1. The van der Waals surface area contributed by atoms with E-state index in [0.717, 1.165) is 11.3 Å². The summed E-state index contributed by atoms with van der Waals surface area (Å²) in [6.45, 7) is -0.228. The van der Waals surface area contributed by atoms with Crippen LogP contribution in [0.1, 0.15) is 5.56 Å². The smallest absolute Gasteiger partial charge is 0.237 e. The summed E-state index contributed by atoms with van der Waals surface area (Å²) in [5, 5.41) is 14.1. The lowest BCUT2D eigenvalue weighted by atomic mass is 10.1. The Labute approximate surface area is 101 Å². The number of carbonyl (C=O) groups is 1. The van der Waals surface area contributed by atoms with Crippen molar-refractivity contribution in [2.45, 2.75) is 12.5 Å². The monoisotopic (exact) mass is 238 g/mol. The molecule has 1 rings (SSSR count). The molecule has 0 aliphatic heterocycles. The number of methoxy groups -OCH3 is 1. The van der Waals surface area contributed by atoms with Gasteiger partial charge in [0.05, 0.1) is 19.9 Å². The molecular weight excluding hydrogens is 220 g/mol. The normalized spacial score (nSPS) is 11.9. The van der Waals surface area contributed by atoms with Crippen LogP contribution >= 0.6 is 0 Å². The zero-order valence-corrected chi connectivity index (χ0v) is 10.1. The average Bonchev–Trinajstić information content (AvgIpc) is 2.38. The zero-order chi connectivity index (χ0) is 12.7. The molecule has 0 unspecified atom stereocenters. The number of hydrogen-bond acceptors (Lipinski definition) is 4. The van der Waals surface area contributed by atoms with Crippen molar-refractivity contribution < 1.29 is 14.6 Å². The van der Waals surface area contributed by atoms with Gasteiger partial charge in [-0.25, -0.2) is 0 Å². The van der Waals surface area contributed by atoms with Crippen LogP contribution in [0.4, 0.5) is 0 Å². The van der Waals surface area contributed by atoms with E-state index in [1.54, 1.807) is 14.2 Å². The minimum Gasteiger partial charge on any atom is -0.497 e. The molecule has 17 heavy (non-hydrogen) atoms. The van der Waals surface area contributed by atoms with Crippen LogP contribution in [0.15, 0.2) is 24.3 Å². The van der Waals surface area contributed by atoms with Gasteiger partial charge in [-0.15, -0.1) is 0 Å². The minimum atomic E-state index is -0.432. The van der Waals surface area contributed by atoms with E-state index in [-0.39, 0.29) is 12.6 Å². The first-order chi connectivity index (χ1) is 8.21. The highest BCUT2D eigenvalue weighted by molar-refractivity contribution is 5.81. The van der Waals surface area contributed by atoms with E-state index in [9.17, 15) is 4.79 Å². The lowest BCUT2D eigenvalue weighted by Crippen LogP contribution is -2.44. The van der Waals surface area contributed by atoms with Crippen molar-refractivity contribution in [3.05, 3.63) is 29.8 Å². The zero-order valence-electron chi connectivity index (χ0n) is 10.1. The third kappa shape index (κ3) is 4.05. The summed E-state index contributed by atoms with van der Waals surface area (Å²) in [7, 11) is 3.18. The maximum atomic E-state index is 11.5. The van der Waals surface area contributed by atoms with Crippen molar-refractivity contribution in [2.24, 2.45) is 0 Å². The first-order valence-corrected chi connectivity index (χ1v) is 5.40. The van der Waals surface area contributed by atoms with Crippen molar-refractivity contribution in [3.63, 3.8) is 0 Å². The first-order valence-electron chi connectivity index (χ1n) is 5.40. The molecule has 0 bridgehead atoms. The molecule has 0 aliphatic carbocycles. The second-order valence-corrected chi connectivity index (χ2v) is 3.58. The summed E-state index contributed by atoms with van der Waals surface area (Å²) in [4.78, 5) is 11.5. The van der Waals surface area contributed by atoms with Gasteiger partial charge in [-0.1, -0.05) is 12.1 Å². The Hall–Kier alpha value is -1.59. The molecule has 0 spiro atoms. The third-order valence-corrected chi connectivity index (χ3v) is 2.50. The van der Waals surface area contributed by atoms with Gasteiger partial charge < -0.3 is 15.2 Å². The van der Waals surface area contributed by atoms with Crippen molar-refractivity contribution in [1.82, 2.24) is 10.6 Å². The Morgan fingerprint density at radius 2 is 2.06 bits per heavy atom. The minimum absolute atomic E-state index is 0.144. The molecule has 0 saturated heterocycles. The van der Waals surface area contributed by atoms with Crippen molar-refractivity contribution >= 4 is 5.91 Å². The first kappa shape index (κ1) is 13.5. The molecule has 0 radical (unpaired) electrons. The van der Waals surface area contributed by atoms with Gasteiger partial charge in [0.1, 0.15) is 5.75 Å². The molecule has 0 aromatic heterocycles. The van der Waals surface area contributed by atoms with E-state index in [1.165, 1.54) is 0 Å². The number of nitrogens with one attached hydrogen (secondary N) is 2. The Bertz CT molecular complexity index is 351. The van der Waals surface area contributed by atoms with Gasteiger partial charge in [-0.05, 0) is 24.1 Å². The maximum Gasteiger partial charge on any atom is 0.237 e. The highest BCUT2D eigenvalue weighted by atomic mass is 16.5. The van der Waals surface area contributed by atoms with Crippen molar-refractivity contribution in [3.8, 4) is 5.75 Å². The molecule has 1 aromatic carbocycles. The van der Waals surface area contributed by atoms with Gasteiger partial charge in [0, 0.05) is 7.05 Å².